The zero-order valence-electron chi connectivity index (χ0n) is 43.3. The smallest absolute Gasteiger partial charge is 0.195 e. The predicted molar refractivity (Wildman–Crippen MR) is 338 cm³/mol. The zero-order chi connectivity index (χ0) is 50.7. The average molecular weight is 1120 g/mol. The Bertz CT molecular complexity index is 3510. The summed E-state index contributed by atoms with van der Waals surface area (Å²) in [7, 11) is 0. The molecule has 382 valence electrons. The van der Waals surface area contributed by atoms with Crippen LogP contribution in [0.5, 0.6) is 0 Å². The summed E-state index contributed by atoms with van der Waals surface area (Å²) in [5.41, 5.74) is 2.67. The molecule has 2 nitrogen and oxygen atoms in total. The fraction of sp³-hybridized carbons (Fsp3) is 0.375. The van der Waals surface area contributed by atoms with Crippen molar-refractivity contribution < 1.29 is 0 Å². The van der Waals surface area contributed by atoms with E-state index in [2.05, 4.69) is 113 Å². The van der Waals surface area contributed by atoms with Gasteiger partial charge in [0, 0.05) is 110 Å². The van der Waals surface area contributed by atoms with Crippen molar-refractivity contribution in [1.82, 2.24) is 0 Å². The van der Waals surface area contributed by atoms with Gasteiger partial charge in [0.25, 0.3) is 0 Å². The molecule has 0 spiro atoms. The van der Waals surface area contributed by atoms with Crippen LogP contribution in [0.25, 0.3) is 100 Å². The molecule has 8 aromatic heterocycles. The standard InChI is InChI=1S/C64H66O2S8/c1-5-9-13-17-21-39-25-27-47(67-39)49-29-31-51(69-49)53-33-35-55(71-53)61-41(23-19-15-11-7-3)57-59(65)43-38-46-44(37-45(43)63(57)73-61)60(66)58-42(24-20-16-12-8-4)62(74-64(46)58)56-36-34-54(72-56)52-32-30-50(70-52)48-28-26-40(68-48)22-18-14-10-6-2/h25-38H,5-24H2,1-4H3. The molecular formula is C64H66O2S8. The van der Waals surface area contributed by atoms with Gasteiger partial charge in [-0.05, 0) is 147 Å². The van der Waals surface area contributed by atoms with Gasteiger partial charge in [-0.3, -0.25) is 9.59 Å². The minimum absolute atomic E-state index is 0.132. The fourth-order valence-electron chi connectivity index (χ4n) is 10.9. The van der Waals surface area contributed by atoms with Crippen LogP contribution in [0.2, 0.25) is 0 Å². The molecule has 3 aromatic carbocycles. The van der Waals surface area contributed by atoms with Gasteiger partial charge in [0.15, 0.2) is 10.9 Å². The molecule has 8 heterocycles. The molecule has 0 radical (unpaired) electrons. The third-order valence-electron chi connectivity index (χ3n) is 14.9. The molecule has 0 saturated heterocycles. The summed E-state index contributed by atoms with van der Waals surface area (Å²) in [4.78, 5) is 48.5. The molecule has 0 amide bonds. The van der Waals surface area contributed by atoms with Gasteiger partial charge in [0.05, 0.1) is 0 Å². The first-order valence-corrected chi connectivity index (χ1v) is 34.1. The van der Waals surface area contributed by atoms with Crippen molar-refractivity contribution in [2.45, 2.75) is 156 Å². The minimum Gasteiger partial charge on any atom is -0.289 e. The third-order valence-corrected chi connectivity index (χ3v) is 25.2. The van der Waals surface area contributed by atoms with E-state index < -0.39 is 0 Å². The highest BCUT2D eigenvalue weighted by Gasteiger charge is 2.27. The van der Waals surface area contributed by atoms with Crippen LogP contribution >= 0.6 is 90.7 Å². The van der Waals surface area contributed by atoms with Crippen molar-refractivity contribution in [2.24, 2.45) is 0 Å². The van der Waals surface area contributed by atoms with Crippen LogP contribution in [-0.4, -0.2) is 0 Å². The summed E-state index contributed by atoms with van der Waals surface area (Å²) in [6.45, 7) is 9.07. The van der Waals surface area contributed by atoms with Crippen LogP contribution in [0.15, 0.2) is 94.5 Å². The van der Waals surface area contributed by atoms with Gasteiger partial charge in [-0.15, -0.1) is 90.7 Å². The lowest BCUT2D eigenvalue weighted by atomic mass is 10.0. The molecule has 0 fully saturated rings. The quantitative estimate of drug-likeness (QED) is 0.0507. The summed E-state index contributed by atoms with van der Waals surface area (Å²) in [5, 5.41) is 5.21. The molecule has 0 N–H and O–H groups in total. The van der Waals surface area contributed by atoms with Gasteiger partial charge in [-0.1, -0.05) is 105 Å². The number of hydrogen-bond acceptors (Lipinski definition) is 10. The molecular weight excluding hydrogens is 1060 g/mol. The van der Waals surface area contributed by atoms with Gasteiger partial charge in [0.1, 0.15) is 0 Å². The molecule has 10 heteroatoms. The summed E-state index contributed by atoms with van der Waals surface area (Å²) >= 11 is 14.9. The van der Waals surface area contributed by atoms with Crippen LogP contribution in [0.4, 0.5) is 0 Å². The van der Waals surface area contributed by atoms with Gasteiger partial charge < -0.3 is 0 Å². The lowest BCUT2D eigenvalue weighted by Crippen LogP contribution is -1.99. The van der Waals surface area contributed by atoms with Crippen LogP contribution in [0.3, 0.4) is 0 Å². The number of rotatable bonds is 26. The van der Waals surface area contributed by atoms with Crippen molar-refractivity contribution in [3.05, 3.63) is 126 Å². The maximum atomic E-state index is 15.0. The lowest BCUT2D eigenvalue weighted by molar-refractivity contribution is 0.669. The lowest BCUT2D eigenvalue weighted by Gasteiger charge is -2.03. The number of fused-ring (bicyclic) bond motifs is 6. The molecule has 0 bridgehead atoms. The van der Waals surface area contributed by atoms with Crippen LogP contribution in [0.1, 0.15) is 151 Å². The van der Waals surface area contributed by atoms with Gasteiger partial charge >= 0.3 is 0 Å². The van der Waals surface area contributed by atoms with E-state index in [9.17, 15) is 0 Å². The average Bonchev–Trinajstić information content (AvgIpc) is 4.29. The first-order valence-electron chi connectivity index (χ1n) is 27.5. The molecule has 0 atom stereocenters. The Kier molecular flexibility index (Phi) is 16.8. The number of benzene rings is 1. The Morgan fingerprint density at radius 3 is 0.946 bits per heavy atom. The highest BCUT2D eigenvalue weighted by molar-refractivity contribution is 7.31. The normalized spacial score (nSPS) is 12.2. The topological polar surface area (TPSA) is 34.1 Å². The number of aryl methyl sites for hydroxylation is 4. The van der Waals surface area contributed by atoms with E-state index >= 15 is 9.59 Å². The summed E-state index contributed by atoms with van der Waals surface area (Å²) in [5.74, 6) is 0. The largest absolute Gasteiger partial charge is 0.289 e. The Morgan fingerprint density at radius 1 is 0.297 bits per heavy atom. The van der Waals surface area contributed by atoms with Crippen molar-refractivity contribution >= 4 is 132 Å². The van der Waals surface area contributed by atoms with Crippen LogP contribution in [0, 0.1) is 0 Å². The van der Waals surface area contributed by atoms with Crippen molar-refractivity contribution in [3.8, 4) is 58.5 Å². The van der Waals surface area contributed by atoms with Gasteiger partial charge in [0.2, 0.25) is 0 Å². The monoisotopic (exact) mass is 1120 g/mol. The second-order valence-electron chi connectivity index (χ2n) is 20.3. The Balaban J connectivity index is 0.925. The van der Waals surface area contributed by atoms with Crippen molar-refractivity contribution in [3.63, 3.8) is 0 Å². The van der Waals surface area contributed by atoms with Crippen molar-refractivity contribution in [2.75, 3.05) is 0 Å². The highest BCUT2D eigenvalue weighted by atomic mass is 32.1. The molecule has 11 aromatic rings. The van der Waals surface area contributed by atoms with E-state index in [4.69, 9.17) is 0 Å². The predicted octanol–water partition coefficient (Wildman–Crippen LogP) is 22.9. The van der Waals surface area contributed by atoms with E-state index in [1.165, 1.54) is 169 Å². The maximum Gasteiger partial charge on any atom is 0.195 e. The summed E-state index contributed by atoms with van der Waals surface area (Å²) in [6.07, 6.45) is 23.7. The first-order chi connectivity index (χ1) is 36.3. The number of thiophene rings is 8. The SMILES string of the molecule is CCCCCCc1ccc(-c2ccc(-c3ccc(-c4sc5c(c4CCCCCC)c(=O)c4cc6c(cc45)c(=O)c4c(CCCCCC)c(-c5ccc(-c7ccc(-c8ccc(CCCCCC)s8)s7)s5)sc46)s3)s2)s1. The molecule has 74 heavy (non-hydrogen) atoms. The maximum absolute atomic E-state index is 15.0. The molecule has 11 rings (SSSR count). The molecule has 0 aliphatic carbocycles. The van der Waals surface area contributed by atoms with E-state index in [1.807, 2.05) is 68.0 Å². The minimum atomic E-state index is 0.132. The number of hydrogen-bond donors (Lipinski definition) is 0. The van der Waals surface area contributed by atoms with E-state index in [0.29, 0.717) is 0 Å². The van der Waals surface area contributed by atoms with E-state index in [-0.39, 0.29) is 10.9 Å². The van der Waals surface area contributed by atoms with Crippen LogP contribution < -0.4 is 10.9 Å². The molecule has 0 saturated carbocycles. The Labute approximate surface area is 469 Å². The zero-order valence-corrected chi connectivity index (χ0v) is 49.8. The fourth-order valence-corrected chi connectivity index (χ4v) is 20.4. The Hall–Kier alpha value is -3.84. The summed E-state index contributed by atoms with van der Waals surface area (Å²) in [6, 6.07) is 31.8. The molecule has 0 aliphatic heterocycles. The highest BCUT2D eigenvalue weighted by Crippen LogP contribution is 2.51. The van der Waals surface area contributed by atoms with Gasteiger partial charge in [-0.25, -0.2) is 0 Å². The van der Waals surface area contributed by atoms with Crippen LogP contribution in [-0.2, 0) is 25.7 Å². The number of unbranched alkanes of at least 4 members (excludes halogenated alkanes) is 12. The second kappa shape index (κ2) is 23.8. The van der Waals surface area contributed by atoms with Gasteiger partial charge in [-0.2, -0.15) is 0 Å². The van der Waals surface area contributed by atoms with E-state index in [0.717, 1.165) is 80.2 Å². The molecule has 0 unspecified atom stereocenters. The van der Waals surface area contributed by atoms with Crippen molar-refractivity contribution in [1.29, 1.82) is 0 Å². The molecule has 0 aliphatic rings. The third kappa shape index (κ3) is 10.6. The van der Waals surface area contributed by atoms with E-state index in [1.54, 1.807) is 22.7 Å². The summed E-state index contributed by atoms with van der Waals surface area (Å²) < 4.78 is 2.11. The second-order valence-corrected chi connectivity index (χ2v) is 29.0. The first kappa shape index (κ1) is 52.2. The Morgan fingerprint density at radius 2 is 0.595 bits per heavy atom.